The Labute approximate surface area is 233 Å². The van der Waals surface area contributed by atoms with E-state index in [2.05, 4.69) is 20.7 Å². The Morgan fingerprint density at radius 2 is 1.93 bits per heavy atom. The molecule has 214 valence electrons. The predicted octanol–water partition coefficient (Wildman–Crippen LogP) is 2.86. The number of aryl methyl sites for hydroxylation is 1. The topological polar surface area (TPSA) is 150 Å². The monoisotopic (exact) mass is 564 g/mol. The number of aromatic nitrogens is 4. The minimum Gasteiger partial charge on any atom is -0.465 e. The summed E-state index contributed by atoms with van der Waals surface area (Å²) in [6.07, 6.45) is 4.70. The first-order valence-electron chi connectivity index (χ1n) is 13.3. The SMILES string of the molecule is CNC(=O)c1cc(C)c(F)c(-c2cnn3cc(-c4cnc(N5CCN(C(=O)O)CC5)o4)c(NC4CCOC4)nc23)c1. The Kier molecular flexibility index (Phi) is 6.91. The van der Waals surface area contributed by atoms with Crippen LogP contribution in [0, 0.1) is 12.7 Å². The molecule has 41 heavy (non-hydrogen) atoms. The van der Waals surface area contributed by atoms with Gasteiger partial charge in [0.1, 0.15) is 11.6 Å². The fraction of sp³-hybridized carbons (Fsp3) is 0.370. The summed E-state index contributed by atoms with van der Waals surface area (Å²) in [7, 11) is 1.52. The Morgan fingerprint density at radius 1 is 1.12 bits per heavy atom. The highest BCUT2D eigenvalue weighted by molar-refractivity contribution is 5.96. The van der Waals surface area contributed by atoms with E-state index >= 15 is 4.39 Å². The second-order valence-electron chi connectivity index (χ2n) is 10.0. The van der Waals surface area contributed by atoms with Crippen molar-refractivity contribution in [1.29, 1.82) is 0 Å². The number of hydrogen-bond acceptors (Lipinski definition) is 9. The molecule has 1 unspecified atom stereocenters. The van der Waals surface area contributed by atoms with Crippen molar-refractivity contribution in [3.63, 3.8) is 0 Å². The van der Waals surface area contributed by atoms with Gasteiger partial charge in [-0.2, -0.15) is 5.10 Å². The quantitative estimate of drug-likeness (QED) is 0.319. The first-order valence-corrected chi connectivity index (χ1v) is 13.3. The highest BCUT2D eigenvalue weighted by atomic mass is 19.1. The van der Waals surface area contributed by atoms with E-state index < -0.39 is 11.9 Å². The van der Waals surface area contributed by atoms with Crippen LogP contribution in [0.3, 0.4) is 0 Å². The fourth-order valence-corrected chi connectivity index (χ4v) is 5.10. The van der Waals surface area contributed by atoms with Crippen molar-refractivity contribution in [2.24, 2.45) is 0 Å². The van der Waals surface area contributed by atoms with Gasteiger partial charge in [0.15, 0.2) is 11.4 Å². The molecule has 2 amide bonds. The maximum absolute atomic E-state index is 15.4. The zero-order chi connectivity index (χ0) is 28.7. The third-order valence-corrected chi connectivity index (χ3v) is 7.38. The lowest BCUT2D eigenvalue weighted by Crippen LogP contribution is -2.48. The molecule has 4 aromatic rings. The summed E-state index contributed by atoms with van der Waals surface area (Å²) in [5.74, 6) is 0.153. The summed E-state index contributed by atoms with van der Waals surface area (Å²) >= 11 is 0. The average molecular weight is 565 g/mol. The first-order chi connectivity index (χ1) is 19.8. The van der Waals surface area contributed by atoms with Gasteiger partial charge in [0.2, 0.25) is 0 Å². The Bertz CT molecular complexity index is 1620. The minimum atomic E-state index is -0.947. The van der Waals surface area contributed by atoms with Gasteiger partial charge in [0, 0.05) is 62.7 Å². The van der Waals surface area contributed by atoms with Gasteiger partial charge in [-0.25, -0.2) is 23.7 Å². The highest BCUT2D eigenvalue weighted by Crippen LogP contribution is 2.35. The number of ether oxygens (including phenoxy) is 1. The van der Waals surface area contributed by atoms with Crippen LogP contribution in [0.4, 0.5) is 21.0 Å². The van der Waals surface area contributed by atoms with E-state index in [0.29, 0.717) is 84.9 Å². The highest BCUT2D eigenvalue weighted by Gasteiger charge is 2.26. The summed E-state index contributed by atoms with van der Waals surface area (Å²) in [4.78, 5) is 36.1. The summed E-state index contributed by atoms with van der Waals surface area (Å²) in [5, 5.41) is 19.7. The largest absolute Gasteiger partial charge is 0.465 e. The molecule has 3 aromatic heterocycles. The average Bonchev–Trinajstić information content (AvgIpc) is 3.75. The molecule has 2 aliphatic rings. The van der Waals surface area contributed by atoms with Crippen molar-refractivity contribution >= 4 is 29.5 Å². The zero-order valence-corrected chi connectivity index (χ0v) is 22.6. The Hall–Kier alpha value is -4.72. The molecule has 3 N–H and O–H groups in total. The molecular weight excluding hydrogens is 535 g/mol. The van der Waals surface area contributed by atoms with E-state index in [9.17, 15) is 14.7 Å². The number of benzene rings is 1. The van der Waals surface area contributed by atoms with E-state index in [1.165, 1.54) is 34.8 Å². The van der Waals surface area contributed by atoms with Gasteiger partial charge in [-0.3, -0.25) is 4.79 Å². The number of halogens is 1. The molecule has 5 heterocycles. The second-order valence-corrected chi connectivity index (χ2v) is 10.0. The van der Waals surface area contributed by atoms with Crippen LogP contribution < -0.4 is 15.5 Å². The van der Waals surface area contributed by atoms with E-state index in [1.807, 2.05) is 4.90 Å². The lowest BCUT2D eigenvalue weighted by molar-refractivity contribution is 0.0963. The van der Waals surface area contributed by atoms with Gasteiger partial charge >= 0.3 is 6.09 Å². The van der Waals surface area contributed by atoms with Gasteiger partial charge in [0.05, 0.1) is 30.6 Å². The van der Waals surface area contributed by atoms with Crippen molar-refractivity contribution in [2.75, 3.05) is 56.7 Å². The smallest absolute Gasteiger partial charge is 0.407 e. The molecule has 2 saturated heterocycles. The Balaban J connectivity index is 1.40. The van der Waals surface area contributed by atoms with Crippen molar-refractivity contribution in [1.82, 2.24) is 29.8 Å². The van der Waals surface area contributed by atoms with Crippen LogP contribution in [0.5, 0.6) is 0 Å². The van der Waals surface area contributed by atoms with Crippen molar-refractivity contribution in [2.45, 2.75) is 19.4 Å². The predicted molar refractivity (Wildman–Crippen MR) is 147 cm³/mol. The zero-order valence-electron chi connectivity index (χ0n) is 22.6. The van der Waals surface area contributed by atoms with Crippen molar-refractivity contribution in [3.8, 4) is 22.5 Å². The first kappa shape index (κ1) is 26.5. The summed E-state index contributed by atoms with van der Waals surface area (Å²) in [6, 6.07) is 3.39. The van der Waals surface area contributed by atoms with Gasteiger partial charge in [-0.15, -0.1) is 0 Å². The lowest BCUT2D eigenvalue weighted by atomic mass is 10.0. The maximum Gasteiger partial charge on any atom is 0.407 e. The number of carbonyl (C=O) groups is 2. The van der Waals surface area contributed by atoms with E-state index in [-0.39, 0.29) is 17.5 Å². The third-order valence-electron chi connectivity index (χ3n) is 7.38. The van der Waals surface area contributed by atoms with Crippen LogP contribution in [0.1, 0.15) is 22.3 Å². The summed E-state index contributed by atoms with van der Waals surface area (Å²) < 4.78 is 28.6. The lowest BCUT2D eigenvalue weighted by Gasteiger charge is -2.31. The van der Waals surface area contributed by atoms with Crippen molar-refractivity contribution < 1.29 is 28.2 Å². The van der Waals surface area contributed by atoms with Gasteiger partial charge in [0.25, 0.3) is 11.9 Å². The number of nitrogens with zero attached hydrogens (tertiary/aromatic N) is 6. The second kappa shape index (κ2) is 10.7. The Morgan fingerprint density at radius 3 is 2.63 bits per heavy atom. The molecule has 0 saturated carbocycles. The van der Waals surface area contributed by atoms with Crippen LogP contribution in [0.2, 0.25) is 0 Å². The standard InChI is InChI=1S/C27H29FN8O5/c1-15-9-16(25(37)29-2)10-18(22(15)28)19-11-31-36-13-20(23(33-24(19)36)32-17-3-8-40-14-17)21-12-30-26(41-21)34-4-6-35(7-5-34)27(38)39/h9-13,17H,3-8,14H2,1-2H3,(H,29,37)(H,32,33)(H,38,39). The molecule has 14 heteroatoms. The minimum absolute atomic E-state index is 0.0112. The van der Waals surface area contributed by atoms with Gasteiger partial charge in [-0.05, 0) is 31.0 Å². The van der Waals surface area contributed by atoms with Gasteiger partial charge < -0.3 is 34.7 Å². The molecule has 0 bridgehead atoms. The molecule has 1 aromatic carbocycles. The molecule has 0 spiro atoms. The van der Waals surface area contributed by atoms with E-state index in [0.717, 1.165) is 6.42 Å². The molecule has 2 fully saturated rings. The van der Waals surface area contributed by atoms with Crippen LogP contribution in [-0.4, -0.2) is 94.1 Å². The van der Waals surface area contributed by atoms with Crippen LogP contribution in [-0.2, 0) is 4.74 Å². The fourth-order valence-electron chi connectivity index (χ4n) is 5.10. The number of carbonyl (C=O) groups excluding carboxylic acids is 1. The molecule has 6 rings (SSSR count). The number of nitrogens with one attached hydrogen (secondary N) is 2. The number of amides is 2. The number of rotatable bonds is 6. The van der Waals surface area contributed by atoms with E-state index in [4.69, 9.17) is 14.1 Å². The number of hydrogen-bond donors (Lipinski definition) is 3. The molecule has 0 radical (unpaired) electrons. The molecule has 0 aliphatic carbocycles. The number of carboxylic acid groups (broad SMARTS) is 1. The van der Waals surface area contributed by atoms with E-state index in [1.54, 1.807) is 19.3 Å². The number of oxazole rings is 1. The summed E-state index contributed by atoms with van der Waals surface area (Å²) in [6.45, 7) is 4.35. The third kappa shape index (κ3) is 5.01. The molecule has 2 aliphatic heterocycles. The maximum atomic E-state index is 15.4. The normalized spacial score (nSPS) is 17.3. The molecule has 13 nitrogen and oxygen atoms in total. The van der Waals surface area contributed by atoms with Gasteiger partial charge in [-0.1, -0.05) is 0 Å². The number of piperazine rings is 1. The molecular formula is C27H29FN8O5. The van der Waals surface area contributed by atoms with Crippen LogP contribution in [0.25, 0.3) is 28.1 Å². The number of fused-ring (bicyclic) bond motifs is 1. The van der Waals surface area contributed by atoms with Crippen LogP contribution in [0.15, 0.2) is 35.1 Å². The molecule has 1 atom stereocenters. The van der Waals surface area contributed by atoms with Crippen molar-refractivity contribution in [3.05, 3.63) is 47.7 Å². The summed E-state index contributed by atoms with van der Waals surface area (Å²) in [5.41, 5.74) is 2.30. The number of anilines is 2. The van der Waals surface area contributed by atoms with Crippen LogP contribution >= 0.6 is 0 Å².